The number of aryl methyl sites for hydroxylation is 2. The molecule has 0 aliphatic carbocycles. The third-order valence-corrected chi connectivity index (χ3v) is 3.46. The topological polar surface area (TPSA) is 52.9 Å². The van der Waals surface area contributed by atoms with Crippen molar-refractivity contribution in [2.45, 2.75) is 40.3 Å². The largest absolute Gasteiger partial charge is 0.393 e. The fourth-order valence-electron chi connectivity index (χ4n) is 1.39. The van der Waals surface area contributed by atoms with E-state index in [0.717, 1.165) is 6.42 Å². The Labute approximate surface area is 101 Å². The number of imidazole rings is 1. The summed E-state index contributed by atoms with van der Waals surface area (Å²) >= 11 is 4.99. The van der Waals surface area contributed by atoms with Crippen molar-refractivity contribution in [3.8, 4) is 0 Å². The molecule has 1 rings (SSSR count). The molecule has 1 heterocycles. The van der Waals surface area contributed by atoms with Gasteiger partial charge in [0.15, 0.2) is 0 Å². The fourth-order valence-corrected chi connectivity index (χ4v) is 1.49. The lowest BCUT2D eigenvalue weighted by Crippen LogP contribution is -2.32. The minimum atomic E-state index is -0.205. The Morgan fingerprint density at radius 2 is 2.00 bits per heavy atom. The molecule has 0 aliphatic rings. The SMILES string of the molecule is CCn1ccn(CCC(C)(C)C(N)=S)c1=O. The summed E-state index contributed by atoms with van der Waals surface area (Å²) < 4.78 is 3.37. The first-order valence-corrected chi connectivity index (χ1v) is 5.85. The zero-order valence-electron chi connectivity index (χ0n) is 10.1. The van der Waals surface area contributed by atoms with Crippen LogP contribution in [0.5, 0.6) is 0 Å². The van der Waals surface area contributed by atoms with Gasteiger partial charge in [0.05, 0.1) is 4.99 Å². The van der Waals surface area contributed by atoms with Gasteiger partial charge in [0, 0.05) is 30.9 Å². The predicted octanol–water partition coefficient (Wildman–Crippen LogP) is 1.37. The Balaban J connectivity index is 2.72. The van der Waals surface area contributed by atoms with Gasteiger partial charge < -0.3 is 5.73 Å². The van der Waals surface area contributed by atoms with Gasteiger partial charge in [-0.05, 0) is 13.3 Å². The molecule has 0 spiro atoms. The van der Waals surface area contributed by atoms with Crippen molar-refractivity contribution >= 4 is 17.2 Å². The number of aromatic nitrogens is 2. The first-order chi connectivity index (χ1) is 7.38. The summed E-state index contributed by atoms with van der Waals surface area (Å²) in [6, 6.07) is 0. The van der Waals surface area contributed by atoms with Gasteiger partial charge in [-0.3, -0.25) is 9.13 Å². The van der Waals surface area contributed by atoms with Crippen LogP contribution in [-0.2, 0) is 13.1 Å². The Morgan fingerprint density at radius 1 is 1.44 bits per heavy atom. The Bertz CT molecular complexity index is 431. The van der Waals surface area contributed by atoms with Crippen LogP contribution >= 0.6 is 12.2 Å². The lowest BCUT2D eigenvalue weighted by Gasteiger charge is -2.22. The third kappa shape index (κ3) is 2.72. The van der Waals surface area contributed by atoms with E-state index in [4.69, 9.17) is 18.0 Å². The van der Waals surface area contributed by atoms with Gasteiger partial charge in [0.2, 0.25) is 0 Å². The molecule has 0 aliphatic heterocycles. The van der Waals surface area contributed by atoms with Crippen LogP contribution in [-0.4, -0.2) is 14.1 Å². The van der Waals surface area contributed by atoms with Crippen LogP contribution in [0, 0.1) is 5.41 Å². The standard InChI is InChI=1S/C11H19N3OS/c1-4-13-7-8-14(10(13)15)6-5-11(2,3)9(12)16/h7-8H,4-6H2,1-3H3,(H2,12,16). The van der Waals surface area contributed by atoms with E-state index in [1.54, 1.807) is 15.3 Å². The van der Waals surface area contributed by atoms with Crippen molar-refractivity contribution in [2.75, 3.05) is 0 Å². The third-order valence-electron chi connectivity index (χ3n) is 2.90. The second-order valence-corrected chi connectivity index (χ2v) is 5.00. The van der Waals surface area contributed by atoms with Crippen molar-refractivity contribution in [1.82, 2.24) is 9.13 Å². The van der Waals surface area contributed by atoms with Crippen LogP contribution in [0.1, 0.15) is 27.2 Å². The number of rotatable bonds is 5. The van der Waals surface area contributed by atoms with Crippen LogP contribution in [0.25, 0.3) is 0 Å². The molecule has 0 radical (unpaired) electrons. The van der Waals surface area contributed by atoms with E-state index in [-0.39, 0.29) is 11.1 Å². The molecule has 16 heavy (non-hydrogen) atoms. The molecule has 0 atom stereocenters. The highest BCUT2D eigenvalue weighted by Crippen LogP contribution is 2.20. The Kier molecular flexibility index (Phi) is 3.91. The second kappa shape index (κ2) is 4.82. The Hall–Kier alpha value is -1.10. The molecule has 0 saturated carbocycles. The molecule has 0 aromatic carbocycles. The van der Waals surface area contributed by atoms with Crippen LogP contribution in [0.2, 0.25) is 0 Å². The molecule has 5 heteroatoms. The summed E-state index contributed by atoms with van der Waals surface area (Å²) in [4.78, 5) is 12.2. The maximum absolute atomic E-state index is 11.7. The molecule has 1 aromatic heterocycles. The van der Waals surface area contributed by atoms with Gasteiger partial charge in [0.25, 0.3) is 0 Å². The number of hydrogen-bond donors (Lipinski definition) is 1. The first kappa shape index (κ1) is 13.0. The van der Waals surface area contributed by atoms with E-state index in [1.807, 2.05) is 27.0 Å². The molecule has 4 nitrogen and oxygen atoms in total. The van der Waals surface area contributed by atoms with E-state index in [2.05, 4.69) is 0 Å². The normalized spacial score (nSPS) is 11.7. The summed E-state index contributed by atoms with van der Waals surface area (Å²) in [7, 11) is 0. The van der Waals surface area contributed by atoms with Gasteiger partial charge in [-0.1, -0.05) is 26.1 Å². The summed E-state index contributed by atoms with van der Waals surface area (Å²) in [5, 5.41) is 0. The van der Waals surface area contributed by atoms with E-state index in [1.165, 1.54) is 0 Å². The zero-order chi connectivity index (χ0) is 12.3. The van der Waals surface area contributed by atoms with Gasteiger partial charge in [-0.25, -0.2) is 4.79 Å². The number of hydrogen-bond acceptors (Lipinski definition) is 2. The molecule has 90 valence electrons. The van der Waals surface area contributed by atoms with E-state index in [0.29, 0.717) is 18.1 Å². The van der Waals surface area contributed by atoms with E-state index >= 15 is 0 Å². The monoisotopic (exact) mass is 241 g/mol. The van der Waals surface area contributed by atoms with Crippen LogP contribution in [0.3, 0.4) is 0 Å². The van der Waals surface area contributed by atoms with Crippen molar-refractivity contribution in [1.29, 1.82) is 0 Å². The second-order valence-electron chi connectivity index (χ2n) is 4.56. The molecule has 0 amide bonds. The lowest BCUT2D eigenvalue weighted by atomic mass is 9.89. The molecular formula is C11H19N3OS. The molecule has 1 aromatic rings. The molecular weight excluding hydrogens is 222 g/mol. The minimum absolute atomic E-state index is 0.0289. The highest BCUT2D eigenvalue weighted by molar-refractivity contribution is 7.80. The zero-order valence-corrected chi connectivity index (χ0v) is 10.9. The van der Waals surface area contributed by atoms with E-state index < -0.39 is 0 Å². The number of nitrogens with two attached hydrogens (primary N) is 1. The average Bonchev–Trinajstić information content (AvgIpc) is 2.56. The molecule has 2 N–H and O–H groups in total. The lowest BCUT2D eigenvalue weighted by molar-refractivity contribution is 0.428. The van der Waals surface area contributed by atoms with Gasteiger partial charge in [-0.2, -0.15) is 0 Å². The molecule has 0 saturated heterocycles. The maximum Gasteiger partial charge on any atom is 0.328 e. The summed E-state index contributed by atoms with van der Waals surface area (Å²) in [6.45, 7) is 7.29. The summed E-state index contributed by atoms with van der Waals surface area (Å²) in [6.07, 6.45) is 4.38. The summed E-state index contributed by atoms with van der Waals surface area (Å²) in [5.41, 5.74) is 5.47. The van der Waals surface area contributed by atoms with Crippen molar-refractivity contribution in [3.05, 3.63) is 22.9 Å². The maximum atomic E-state index is 11.7. The van der Waals surface area contributed by atoms with E-state index in [9.17, 15) is 4.79 Å². The van der Waals surface area contributed by atoms with Crippen molar-refractivity contribution < 1.29 is 0 Å². The first-order valence-electron chi connectivity index (χ1n) is 5.44. The number of nitrogens with zero attached hydrogens (tertiary/aromatic N) is 2. The quantitative estimate of drug-likeness (QED) is 0.792. The molecule has 0 fully saturated rings. The minimum Gasteiger partial charge on any atom is -0.393 e. The Morgan fingerprint density at radius 3 is 2.44 bits per heavy atom. The predicted molar refractivity (Wildman–Crippen MR) is 69.5 cm³/mol. The molecule has 0 unspecified atom stereocenters. The fraction of sp³-hybridized carbons (Fsp3) is 0.636. The van der Waals surface area contributed by atoms with Crippen LogP contribution < -0.4 is 11.4 Å². The van der Waals surface area contributed by atoms with Crippen molar-refractivity contribution in [2.24, 2.45) is 11.1 Å². The summed E-state index contributed by atoms with van der Waals surface area (Å²) in [5.74, 6) is 0. The number of thiocarbonyl (C=S) groups is 1. The van der Waals surface area contributed by atoms with Gasteiger partial charge >= 0.3 is 5.69 Å². The highest BCUT2D eigenvalue weighted by atomic mass is 32.1. The molecule has 0 bridgehead atoms. The van der Waals surface area contributed by atoms with Gasteiger partial charge in [-0.15, -0.1) is 0 Å². The highest BCUT2D eigenvalue weighted by Gasteiger charge is 2.21. The van der Waals surface area contributed by atoms with Gasteiger partial charge in [0.1, 0.15) is 0 Å². The smallest absolute Gasteiger partial charge is 0.328 e. The average molecular weight is 241 g/mol. The van der Waals surface area contributed by atoms with Crippen LogP contribution in [0.4, 0.5) is 0 Å². The van der Waals surface area contributed by atoms with Crippen molar-refractivity contribution in [3.63, 3.8) is 0 Å². The van der Waals surface area contributed by atoms with Crippen LogP contribution in [0.15, 0.2) is 17.2 Å².